The number of nitrogens with one attached hydrogen (secondary N) is 1. The lowest BCUT2D eigenvalue weighted by molar-refractivity contribution is 0.794. The van der Waals surface area contributed by atoms with Gasteiger partial charge in [-0.3, -0.25) is 4.79 Å². The first-order valence-corrected chi connectivity index (χ1v) is 5.07. The maximum atomic E-state index is 11.2. The molecular formula is C10H10BrNO. The molecule has 0 aliphatic heterocycles. The molecule has 0 amide bonds. The van der Waals surface area contributed by atoms with Gasteiger partial charge >= 0.3 is 0 Å². The maximum absolute atomic E-state index is 11.2. The molecule has 0 radical (unpaired) electrons. The van der Waals surface area contributed by atoms with Crippen LogP contribution in [0, 0.1) is 5.92 Å². The van der Waals surface area contributed by atoms with Gasteiger partial charge in [0.05, 0.1) is 4.47 Å². The summed E-state index contributed by atoms with van der Waals surface area (Å²) in [5, 5.41) is 2.07. The first-order chi connectivity index (χ1) is 6.16. The van der Waals surface area contributed by atoms with Crippen LogP contribution in [0.2, 0.25) is 0 Å². The fourth-order valence-electron chi connectivity index (χ4n) is 1.52. The summed E-state index contributed by atoms with van der Waals surface area (Å²) in [6.45, 7) is 2.17. The number of fused-ring (bicyclic) bond motifs is 1. The Balaban J connectivity index is 2.83. The second-order valence-electron chi connectivity index (χ2n) is 3.40. The molecule has 0 bridgehead atoms. The zero-order chi connectivity index (χ0) is 9.42. The molecule has 0 saturated heterocycles. The van der Waals surface area contributed by atoms with Crippen molar-refractivity contribution >= 4 is 28.1 Å². The molecule has 1 aromatic heterocycles. The molecule has 1 aliphatic rings. The predicted octanol–water partition coefficient (Wildman–Crippen LogP) is 0.738. The van der Waals surface area contributed by atoms with Gasteiger partial charge in [0.2, 0.25) is 0 Å². The van der Waals surface area contributed by atoms with E-state index in [0.29, 0.717) is 10.4 Å². The van der Waals surface area contributed by atoms with Crippen molar-refractivity contribution in [2.75, 3.05) is 0 Å². The van der Waals surface area contributed by atoms with E-state index in [1.165, 1.54) is 0 Å². The van der Waals surface area contributed by atoms with E-state index in [1.54, 1.807) is 0 Å². The third kappa shape index (κ3) is 1.61. The van der Waals surface area contributed by atoms with Gasteiger partial charge < -0.3 is 4.98 Å². The molecule has 1 N–H and O–H groups in total. The monoisotopic (exact) mass is 239 g/mol. The van der Waals surface area contributed by atoms with Gasteiger partial charge in [0.1, 0.15) is 0 Å². The van der Waals surface area contributed by atoms with Gasteiger partial charge in [-0.1, -0.05) is 19.1 Å². The van der Waals surface area contributed by atoms with Gasteiger partial charge in [0.15, 0.2) is 0 Å². The van der Waals surface area contributed by atoms with Crippen LogP contribution < -0.4 is 16.1 Å². The van der Waals surface area contributed by atoms with E-state index in [9.17, 15) is 4.79 Å². The molecule has 0 saturated carbocycles. The Morgan fingerprint density at radius 2 is 2.38 bits per heavy atom. The lowest BCUT2D eigenvalue weighted by Gasteiger charge is -2.06. The zero-order valence-electron chi connectivity index (χ0n) is 7.30. The molecule has 1 atom stereocenters. The molecular weight excluding hydrogens is 230 g/mol. The summed E-state index contributed by atoms with van der Waals surface area (Å²) in [7, 11) is 0. The summed E-state index contributed by atoms with van der Waals surface area (Å²) < 4.78 is 0.602. The minimum absolute atomic E-state index is 0.0575. The third-order valence-electron chi connectivity index (χ3n) is 2.22. The van der Waals surface area contributed by atoms with Crippen LogP contribution in [-0.4, -0.2) is 4.98 Å². The Morgan fingerprint density at radius 3 is 3.15 bits per heavy atom. The molecule has 13 heavy (non-hydrogen) atoms. The summed E-state index contributed by atoms with van der Waals surface area (Å²) in [5.74, 6) is 0.560. The topological polar surface area (TPSA) is 32.9 Å². The van der Waals surface area contributed by atoms with E-state index in [2.05, 4.69) is 40.0 Å². The van der Waals surface area contributed by atoms with E-state index in [-0.39, 0.29) is 5.56 Å². The molecule has 1 unspecified atom stereocenters. The Morgan fingerprint density at radius 1 is 1.62 bits per heavy atom. The lowest BCUT2D eigenvalue weighted by Crippen LogP contribution is -2.36. The van der Waals surface area contributed by atoms with E-state index >= 15 is 0 Å². The molecule has 0 fully saturated rings. The van der Waals surface area contributed by atoms with E-state index in [1.807, 2.05) is 6.07 Å². The summed E-state index contributed by atoms with van der Waals surface area (Å²) in [4.78, 5) is 14.1. The minimum atomic E-state index is -0.0575. The number of H-pyrrole nitrogens is 1. The van der Waals surface area contributed by atoms with Crippen molar-refractivity contribution in [3.63, 3.8) is 0 Å². The van der Waals surface area contributed by atoms with Crippen LogP contribution in [0.1, 0.15) is 13.3 Å². The number of aromatic nitrogens is 1. The van der Waals surface area contributed by atoms with Crippen molar-refractivity contribution in [2.24, 2.45) is 5.92 Å². The highest BCUT2D eigenvalue weighted by molar-refractivity contribution is 9.10. The largest absolute Gasteiger partial charge is 0.321 e. The van der Waals surface area contributed by atoms with Crippen LogP contribution in [0.5, 0.6) is 0 Å². The van der Waals surface area contributed by atoms with Crippen LogP contribution in [0.25, 0.3) is 12.2 Å². The summed E-state index contributed by atoms with van der Waals surface area (Å²) in [5.41, 5.74) is -0.0575. The van der Waals surface area contributed by atoms with Crippen LogP contribution in [0.3, 0.4) is 0 Å². The third-order valence-corrected chi connectivity index (χ3v) is 2.81. The van der Waals surface area contributed by atoms with E-state index < -0.39 is 0 Å². The number of pyridine rings is 1. The SMILES string of the molecule is CC1C=c2cc(Br)c(=O)[nH]c2=CC1. The molecule has 1 heterocycles. The predicted molar refractivity (Wildman–Crippen MR) is 56.7 cm³/mol. The first kappa shape index (κ1) is 8.75. The number of halogens is 1. The van der Waals surface area contributed by atoms with Gasteiger partial charge in [0.25, 0.3) is 5.56 Å². The van der Waals surface area contributed by atoms with Crippen LogP contribution in [0.15, 0.2) is 15.3 Å². The Hall–Kier alpha value is -0.830. The molecule has 1 aliphatic carbocycles. The second-order valence-corrected chi connectivity index (χ2v) is 4.25. The number of aromatic amines is 1. The normalized spacial score (nSPS) is 20.0. The van der Waals surface area contributed by atoms with Gasteiger partial charge in [0, 0.05) is 5.35 Å². The van der Waals surface area contributed by atoms with Crippen molar-refractivity contribution in [3.8, 4) is 0 Å². The smallest absolute Gasteiger partial charge is 0.262 e. The van der Waals surface area contributed by atoms with Crippen molar-refractivity contribution < 1.29 is 0 Å². The molecule has 2 rings (SSSR count). The Bertz CT molecular complexity index is 501. The highest BCUT2D eigenvalue weighted by atomic mass is 79.9. The number of rotatable bonds is 0. The van der Waals surface area contributed by atoms with Crippen molar-refractivity contribution in [2.45, 2.75) is 13.3 Å². The van der Waals surface area contributed by atoms with Gasteiger partial charge in [-0.25, -0.2) is 0 Å². The zero-order valence-corrected chi connectivity index (χ0v) is 8.89. The molecule has 3 heteroatoms. The standard InChI is InChI=1S/C10H10BrNO/c1-6-2-3-9-7(4-6)5-8(11)10(13)12-9/h3-6H,2H2,1H3,(H,12,13). The molecule has 0 spiro atoms. The average molecular weight is 240 g/mol. The maximum Gasteiger partial charge on any atom is 0.262 e. The van der Waals surface area contributed by atoms with E-state index in [0.717, 1.165) is 17.0 Å². The summed E-state index contributed by atoms with van der Waals surface area (Å²) in [6, 6.07) is 1.88. The lowest BCUT2D eigenvalue weighted by atomic mass is 10.0. The van der Waals surface area contributed by atoms with Gasteiger partial charge in [-0.05, 0) is 39.6 Å². The summed E-state index contributed by atoms with van der Waals surface area (Å²) in [6.07, 6.45) is 5.26. The first-order valence-electron chi connectivity index (χ1n) is 4.27. The average Bonchev–Trinajstić information content (AvgIpc) is 2.08. The van der Waals surface area contributed by atoms with Crippen molar-refractivity contribution in [1.82, 2.24) is 4.98 Å². The molecule has 2 nitrogen and oxygen atoms in total. The fourth-order valence-corrected chi connectivity index (χ4v) is 1.86. The number of hydrogen-bond donors (Lipinski definition) is 1. The molecule has 0 aromatic carbocycles. The summed E-state index contributed by atoms with van der Waals surface area (Å²) >= 11 is 3.22. The fraction of sp³-hybridized carbons (Fsp3) is 0.300. The van der Waals surface area contributed by atoms with Crippen LogP contribution >= 0.6 is 15.9 Å². The molecule has 68 valence electrons. The molecule has 1 aromatic rings. The van der Waals surface area contributed by atoms with Gasteiger partial charge in [-0.15, -0.1) is 0 Å². The minimum Gasteiger partial charge on any atom is -0.321 e. The second kappa shape index (κ2) is 3.14. The quantitative estimate of drug-likeness (QED) is 0.712. The highest BCUT2D eigenvalue weighted by Crippen LogP contribution is 2.06. The number of hydrogen-bond acceptors (Lipinski definition) is 1. The van der Waals surface area contributed by atoms with Crippen molar-refractivity contribution in [1.29, 1.82) is 0 Å². The van der Waals surface area contributed by atoms with E-state index in [4.69, 9.17) is 0 Å². The Kier molecular flexibility index (Phi) is 2.12. The Labute approximate surface area is 84.1 Å². The van der Waals surface area contributed by atoms with Crippen molar-refractivity contribution in [3.05, 3.63) is 31.5 Å². The van der Waals surface area contributed by atoms with Crippen LogP contribution in [0.4, 0.5) is 0 Å². The van der Waals surface area contributed by atoms with Crippen LogP contribution in [-0.2, 0) is 0 Å². The van der Waals surface area contributed by atoms with Gasteiger partial charge in [-0.2, -0.15) is 0 Å². The highest BCUT2D eigenvalue weighted by Gasteiger charge is 2.03.